The first-order valence-corrected chi connectivity index (χ1v) is 12.7. The summed E-state index contributed by atoms with van der Waals surface area (Å²) in [5, 5.41) is 30.4. The molecule has 0 aromatic heterocycles. The number of carbonyl (C=O) groups is 8. The first kappa shape index (κ1) is 38.6. The van der Waals surface area contributed by atoms with Gasteiger partial charge in [-0.15, -0.1) is 5.06 Å². The lowest BCUT2D eigenvalue weighted by molar-refractivity contribution is -0.197. The number of carbonyl (C=O) groups excluding carboxylic acids is 5. The molecular weight excluding hydrogens is 568 g/mol. The van der Waals surface area contributed by atoms with Crippen LogP contribution in [0.3, 0.4) is 0 Å². The lowest BCUT2D eigenvalue weighted by Crippen LogP contribution is -2.31. The second-order valence-corrected chi connectivity index (χ2v) is 7.99. The van der Waals surface area contributed by atoms with Crippen molar-refractivity contribution in [3.05, 3.63) is 24.3 Å². The minimum Gasteiger partial charge on any atom is -0.481 e. The Morgan fingerprint density at radius 3 is 1.51 bits per heavy atom. The molecule has 228 valence electrons. The quantitative estimate of drug-likeness (QED) is 0.0758. The Balaban J connectivity index is 0. The van der Waals surface area contributed by atoms with Gasteiger partial charge in [0.1, 0.15) is 0 Å². The molecule has 1 saturated heterocycles. The molecule has 0 spiro atoms. The summed E-state index contributed by atoms with van der Waals surface area (Å²) >= 11 is 3.33. The molecule has 1 fully saturated rings. The van der Waals surface area contributed by atoms with Gasteiger partial charge in [0, 0.05) is 75.5 Å². The van der Waals surface area contributed by atoms with Crippen molar-refractivity contribution in [3.8, 4) is 0 Å². The van der Waals surface area contributed by atoms with Gasteiger partial charge >= 0.3 is 23.9 Å². The Hall–Kier alpha value is -4.54. The van der Waals surface area contributed by atoms with Crippen LogP contribution in [0.1, 0.15) is 64.2 Å². The van der Waals surface area contributed by atoms with E-state index in [1.165, 1.54) is 0 Å². The molecule has 1 heterocycles. The Morgan fingerprint density at radius 1 is 0.707 bits per heavy atom. The van der Waals surface area contributed by atoms with Gasteiger partial charge in [0.25, 0.3) is 11.8 Å². The minimum absolute atomic E-state index is 0.0577. The molecule has 1 rings (SSSR count). The van der Waals surface area contributed by atoms with Crippen molar-refractivity contribution in [1.82, 2.24) is 15.7 Å². The number of nitrogens with zero attached hydrogens (tertiary/aromatic N) is 1. The van der Waals surface area contributed by atoms with Gasteiger partial charge in [0.05, 0.1) is 0 Å². The number of hydrogen-bond donors (Lipinski definition) is 6. The summed E-state index contributed by atoms with van der Waals surface area (Å²) in [6, 6.07) is 0. The van der Waals surface area contributed by atoms with Gasteiger partial charge in [-0.3, -0.25) is 24.0 Å². The number of aliphatic carboxylic acids is 3. The van der Waals surface area contributed by atoms with E-state index in [-0.39, 0.29) is 25.7 Å². The van der Waals surface area contributed by atoms with E-state index >= 15 is 0 Å². The van der Waals surface area contributed by atoms with Crippen molar-refractivity contribution in [2.75, 3.05) is 13.1 Å². The number of hydroxylamine groups is 2. The monoisotopic (exact) mass is 602 g/mol. The molecular formula is C24H34N4O12S. The highest BCUT2D eigenvalue weighted by molar-refractivity contribution is 7.45. The molecule has 6 N–H and O–H groups in total. The number of imide groups is 1. The zero-order valence-corrected chi connectivity index (χ0v) is 23.0. The highest BCUT2D eigenvalue weighted by Crippen LogP contribution is 2.13. The second-order valence-electron chi connectivity index (χ2n) is 7.99. The summed E-state index contributed by atoms with van der Waals surface area (Å²) < 4.78 is 5.33. The van der Waals surface area contributed by atoms with Crippen LogP contribution >= 0.6 is 0 Å². The molecule has 0 aliphatic carbocycles. The van der Waals surface area contributed by atoms with Crippen LogP contribution in [0.5, 0.6) is 0 Å². The summed E-state index contributed by atoms with van der Waals surface area (Å²) in [6.45, 7) is 0.767. The van der Waals surface area contributed by atoms with Gasteiger partial charge in [0.2, 0.25) is 11.8 Å². The molecule has 0 bridgehead atoms. The fraction of sp³-hybridized carbons (Fsp3) is 0.500. The van der Waals surface area contributed by atoms with Crippen molar-refractivity contribution in [2.24, 2.45) is 0 Å². The average molecular weight is 603 g/mol. The van der Waals surface area contributed by atoms with E-state index in [1.54, 1.807) is 0 Å². The summed E-state index contributed by atoms with van der Waals surface area (Å²) in [6.07, 6.45) is 7.36. The maximum Gasteiger partial charge on any atom is 0.333 e. The fourth-order valence-electron chi connectivity index (χ4n) is 2.79. The number of hydrogen-bond acceptors (Lipinski definition) is 11. The molecule has 1 aliphatic rings. The SMILES string of the molecule is N=S.O=C(O)/C=C\C(=O)NCCCCCC(=O)O.O=C(O)/C=C\C(=O)NCCCCCC(=O)ON1C(=O)CCC1=O. The number of carboxylic acid groups (broad SMARTS) is 3. The Kier molecular flexibility index (Phi) is 23.1. The zero-order chi connectivity index (χ0) is 31.6. The first-order chi connectivity index (χ1) is 19.4. The Bertz CT molecular complexity index is 968. The smallest absolute Gasteiger partial charge is 0.333 e. The standard InChI is InChI=1S/C14H18N2O7.C10H15NO5.HNS/c17-10(5-8-13(20)21)15-9-3-1-2-4-14(22)23-16-11(18)6-7-12(16)19;12-8(5-6-10(15)16)11-7-3-1-2-4-9(13)14;1-2/h5,8H,1-4,6-7,9H2,(H,15,17)(H,20,21);5-6H,1-4,7H2,(H,11,12)(H,13,14)(H,15,16);1H/b8-5-;6-5-;. The van der Waals surface area contributed by atoms with Crippen LogP contribution < -0.4 is 10.6 Å². The van der Waals surface area contributed by atoms with E-state index in [9.17, 15) is 38.4 Å². The molecule has 16 nitrogen and oxygen atoms in total. The van der Waals surface area contributed by atoms with Crippen LogP contribution in [0, 0.1) is 4.78 Å². The third-order valence-electron chi connectivity index (χ3n) is 4.68. The van der Waals surface area contributed by atoms with Crippen LogP contribution in [-0.2, 0) is 55.6 Å². The predicted octanol–water partition coefficient (Wildman–Crippen LogP) is 0.595. The van der Waals surface area contributed by atoms with Gasteiger partial charge in [-0.1, -0.05) is 12.8 Å². The van der Waals surface area contributed by atoms with E-state index < -0.39 is 47.5 Å². The van der Waals surface area contributed by atoms with Crippen molar-refractivity contribution in [1.29, 1.82) is 4.78 Å². The lowest BCUT2D eigenvalue weighted by atomic mass is 10.2. The van der Waals surface area contributed by atoms with Gasteiger partial charge in [0.15, 0.2) is 0 Å². The molecule has 0 atom stereocenters. The van der Waals surface area contributed by atoms with E-state index in [4.69, 9.17) is 24.9 Å². The van der Waals surface area contributed by atoms with Crippen LogP contribution in [0.2, 0.25) is 0 Å². The topological polar surface area (TPSA) is 258 Å². The highest BCUT2D eigenvalue weighted by Gasteiger charge is 2.32. The molecule has 4 amide bonds. The van der Waals surface area contributed by atoms with Gasteiger partial charge < -0.3 is 30.8 Å². The third-order valence-corrected chi connectivity index (χ3v) is 4.68. The van der Waals surface area contributed by atoms with Crippen LogP contribution in [0.25, 0.3) is 0 Å². The number of unbranched alkanes of at least 4 members (excludes halogenated alkanes) is 4. The summed E-state index contributed by atoms with van der Waals surface area (Å²) in [5.74, 6) is -5.83. The molecule has 0 aromatic carbocycles. The van der Waals surface area contributed by atoms with Crippen molar-refractivity contribution >= 4 is 59.9 Å². The van der Waals surface area contributed by atoms with Crippen molar-refractivity contribution < 1.29 is 58.5 Å². The molecule has 0 aromatic rings. The first-order valence-electron chi connectivity index (χ1n) is 12.3. The largest absolute Gasteiger partial charge is 0.481 e. The molecule has 0 radical (unpaired) electrons. The van der Waals surface area contributed by atoms with Gasteiger partial charge in [-0.25, -0.2) is 19.2 Å². The number of carboxylic acids is 3. The Labute approximate surface area is 240 Å². The molecule has 0 unspecified atom stereocenters. The summed E-state index contributed by atoms with van der Waals surface area (Å²) in [5.41, 5.74) is 0. The van der Waals surface area contributed by atoms with E-state index in [0.29, 0.717) is 50.3 Å². The average Bonchev–Trinajstić information content (AvgIpc) is 3.23. The number of amides is 4. The van der Waals surface area contributed by atoms with E-state index in [2.05, 4.69) is 23.1 Å². The summed E-state index contributed by atoms with van der Waals surface area (Å²) in [4.78, 5) is 91.1. The molecule has 0 saturated carbocycles. The summed E-state index contributed by atoms with van der Waals surface area (Å²) in [7, 11) is 0. The van der Waals surface area contributed by atoms with Crippen LogP contribution in [0.15, 0.2) is 24.3 Å². The molecule has 41 heavy (non-hydrogen) atoms. The van der Waals surface area contributed by atoms with Crippen molar-refractivity contribution in [3.63, 3.8) is 0 Å². The fourth-order valence-corrected chi connectivity index (χ4v) is 2.79. The Morgan fingerprint density at radius 2 is 1.12 bits per heavy atom. The predicted molar refractivity (Wildman–Crippen MR) is 141 cm³/mol. The number of rotatable bonds is 17. The number of nitrogens with one attached hydrogen (secondary N) is 3. The maximum atomic E-state index is 11.5. The van der Waals surface area contributed by atoms with Gasteiger partial charge in [-0.2, -0.15) is 0 Å². The van der Waals surface area contributed by atoms with Crippen molar-refractivity contribution in [2.45, 2.75) is 64.2 Å². The van der Waals surface area contributed by atoms with E-state index in [1.807, 2.05) is 0 Å². The van der Waals surface area contributed by atoms with Crippen LogP contribution in [-0.4, -0.2) is 81.0 Å². The molecule has 17 heteroatoms. The van der Waals surface area contributed by atoms with Crippen LogP contribution in [0.4, 0.5) is 0 Å². The minimum atomic E-state index is -1.20. The van der Waals surface area contributed by atoms with E-state index in [0.717, 1.165) is 30.7 Å². The molecule has 1 aliphatic heterocycles. The third kappa shape index (κ3) is 24.3. The normalized spacial score (nSPS) is 12.1. The highest BCUT2D eigenvalue weighted by atomic mass is 32.1. The lowest BCUT2D eigenvalue weighted by Gasteiger charge is -2.12. The van der Waals surface area contributed by atoms with Gasteiger partial charge in [-0.05, 0) is 25.7 Å². The second kappa shape index (κ2) is 24.5. The zero-order valence-electron chi connectivity index (χ0n) is 22.2. The maximum absolute atomic E-state index is 11.5.